The molecule has 3 heteroatoms. The van der Waals surface area contributed by atoms with E-state index in [2.05, 4.69) is 65.9 Å². The van der Waals surface area contributed by atoms with E-state index in [0.717, 1.165) is 12.2 Å². The summed E-state index contributed by atoms with van der Waals surface area (Å²) in [4.78, 5) is 2.60. The molecule has 3 nitrogen and oxygen atoms in total. The second kappa shape index (κ2) is 5.37. The molecule has 1 saturated heterocycles. The van der Waals surface area contributed by atoms with Crippen molar-refractivity contribution in [3.8, 4) is 11.4 Å². The minimum atomic E-state index is 0.567. The van der Waals surface area contributed by atoms with Crippen LogP contribution in [0.2, 0.25) is 0 Å². The van der Waals surface area contributed by atoms with Crippen molar-refractivity contribution >= 4 is 10.9 Å². The molecule has 0 amide bonds. The van der Waals surface area contributed by atoms with E-state index >= 15 is 0 Å². The molecule has 2 bridgehead atoms. The lowest BCUT2D eigenvalue weighted by Gasteiger charge is -2.32. The van der Waals surface area contributed by atoms with Gasteiger partial charge in [0.25, 0.3) is 0 Å². The third kappa shape index (κ3) is 2.09. The molecule has 0 N–H and O–H groups in total. The van der Waals surface area contributed by atoms with Gasteiger partial charge >= 0.3 is 0 Å². The van der Waals surface area contributed by atoms with Crippen molar-refractivity contribution in [3.05, 3.63) is 59.3 Å². The molecule has 3 heterocycles. The van der Waals surface area contributed by atoms with Gasteiger partial charge in [0, 0.05) is 35.3 Å². The van der Waals surface area contributed by atoms with Gasteiger partial charge in [-0.2, -0.15) is 0 Å². The fourth-order valence-corrected chi connectivity index (χ4v) is 4.91. The van der Waals surface area contributed by atoms with Crippen LogP contribution in [0, 0.1) is 6.92 Å². The number of hydrogen-bond donors (Lipinski definition) is 0. The van der Waals surface area contributed by atoms with Crippen molar-refractivity contribution in [2.45, 2.75) is 38.3 Å². The van der Waals surface area contributed by atoms with Crippen LogP contribution in [-0.4, -0.2) is 29.7 Å². The van der Waals surface area contributed by atoms with Gasteiger partial charge in [-0.05, 0) is 68.8 Å². The van der Waals surface area contributed by atoms with Crippen molar-refractivity contribution in [2.24, 2.45) is 0 Å². The van der Waals surface area contributed by atoms with Gasteiger partial charge < -0.3 is 9.30 Å². The minimum absolute atomic E-state index is 0.567. The second-order valence-electron chi connectivity index (χ2n) is 7.53. The molecule has 1 aromatic heterocycles. The Balaban J connectivity index is 1.80. The average Bonchev–Trinajstić information content (AvgIpc) is 3.05. The van der Waals surface area contributed by atoms with Crippen molar-refractivity contribution in [1.82, 2.24) is 9.47 Å². The molecular weight excluding hydrogens is 308 g/mol. The molecular formula is C22H24N2O. The van der Waals surface area contributed by atoms with Crippen LogP contribution in [0.25, 0.3) is 16.6 Å². The van der Waals surface area contributed by atoms with E-state index < -0.39 is 0 Å². The molecule has 2 unspecified atom stereocenters. The molecule has 3 aromatic rings. The molecule has 2 aromatic carbocycles. The summed E-state index contributed by atoms with van der Waals surface area (Å²) in [5, 5.41) is 1.43. The number of nitrogens with zero attached hydrogens (tertiary/aromatic N) is 2. The highest BCUT2D eigenvalue weighted by Crippen LogP contribution is 2.47. The van der Waals surface area contributed by atoms with Crippen molar-refractivity contribution in [3.63, 3.8) is 0 Å². The monoisotopic (exact) mass is 332 g/mol. The molecule has 0 spiro atoms. The van der Waals surface area contributed by atoms with Gasteiger partial charge in [-0.1, -0.05) is 11.6 Å². The predicted molar refractivity (Wildman–Crippen MR) is 102 cm³/mol. The first-order chi connectivity index (χ1) is 12.2. The summed E-state index contributed by atoms with van der Waals surface area (Å²) in [6, 6.07) is 16.6. The number of methoxy groups -OCH3 is 1. The van der Waals surface area contributed by atoms with Crippen LogP contribution in [0.15, 0.2) is 42.5 Å². The molecule has 0 saturated carbocycles. The number of benzene rings is 2. The Hall–Kier alpha value is -2.26. The number of likely N-dealkylation sites (N-methyl/N-ethyl adjacent to an activating group) is 1. The average molecular weight is 332 g/mol. The Morgan fingerprint density at radius 3 is 2.60 bits per heavy atom. The maximum Gasteiger partial charge on any atom is 0.119 e. The second-order valence-corrected chi connectivity index (χ2v) is 7.53. The molecule has 25 heavy (non-hydrogen) atoms. The molecule has 2 aliphatic heterocycles. The first kappa shape index (κ1) is 15.0. The number of fused-ring (bicyclic) bond motifs is 6. The minimum Gasteiger partial charge on any atom is -0.497 e. The van der Waals surface area contributed by atoms with Crippen LogP contribution in [0.4, 0.5) is 0 Å². The summed E-state index contributed by atoms with van der Waals surface area (Å²) in [5.41, 5.74) is 6.98. The van der Waals surface area contributed by atoms with Gasteiger partial charge in [-0.3, -0.25) is 4.90 Å². The normalized spacial score (nSPS) is 22.4. The SMILES string of the molecule is COc1ccc(-n2c3c(c4cc(C)ccc42)C2CCC(C3)N2C)cc1. The standard InChI is InChI=1S/C22H24N2O/c1-14-4-10-19-18(12-14)22-20-11-7-16(23(20)2)13-21(22)24(19)15-5-8-17(25-3)9-6-15/h4-6,8-10,12,16,20H,7,11,13H2,1-3H3. The molecule has 5 rings (SSSR count). The van der Waals surface area contributed by atoms with Gasteiger partial charge in [0.15, 0.2) is 0 Å². The first-order valence-corrected chi connectivity index (χ1v) is 9.17. The Labute approximate surface area is 148 Å². The highest BCUT2D eigenvalue weighted by Gasteiger charge is 2.40. The third-order valence-corrected chi connectivity index (χ3v) is 6.20. The lowest BCUT2D eigenvalue weighted by molar-refractivity contribution is 0.223. The highest BCUT2D eigenvalue weighted by atomic mass is 16.5. The van der Waals surface area contributed by atoms with Gasteiger partial charge in [0.1, 0.15) is 5.75 Å². The lowest BCUT2D eigenvalue weighted by atomic mass is 9.97. The molecule has 1 fully saturated rings. The largest absolute Gasteiger partial charge is 0.497 e. The summed E-state index contributed by atoms with van der Waals surface area (Å²) in [5.74, 6) is 0.907. The van der Waals surface area contributed by atoms with Crippen molar-refractivity contribution in [1.29, 1.82) is 0 Å². The number of hydrogen-bond acceptors (Lipinski definition) is 2. The molecule has 2 aliphatic rings. The van der Waals surface area contributed by atoms with Crippen LogP contribution in [-0.2, 0) is 6.42 Å². The van der Waals surface area contributed by atoms with Crippen molar-refractivity contribution in [2.75, 3.05) is 14.2 Å². The maximum absolute atomic E-state index is 5.34. The zero-order valence-corrected chi connectivity index (χ0v) is 15.1. The van der Waals surface area contributed by atoms with Crippen molar-refractivity contribution < 1.29 is 4.74 Å². The van der Waals surface area contributed by atoms with Gasteiger partial charge in [0.2, 0.25) is 0 Å². The van der Waals surface area contributed by atoms with E-state index in [9.17, 15) is 0 Å². The summed E-state index contributed by atoms with van der Waals surface area (Å²) in [7, 11) is 4.02. The fourth-order valence-electron chi connectivity index (χ4n) is 4.91. The van der Waals surface area contributed by atoms with Crippen LogP contribution in [0.5, 0.6) is 5.75 Å². The number of aromatic nitrogens is 1. The van der Waals surface area contributed by atoms with E-state index in [0.29, 0.717) is 12.1 Å². The number of rotatable bonds is 2. The Kier molecular flexibility index (Phi) is 3.23. The first-order valence-electron chi connectivity index (χ1n) is 9.17. The quantitative estimate of drug-likeness (QED) is 0.680. The summed E-state index contributed by atoms with van der Waals surface area (Å²) in [6.07, 6.45) is 3.73. The van der Waals surface area contributed by atoms with Gasteiger partial charge in [-0.25, -0.2) is 0 Å². The zero-order chi connectivity index (χ0) is 17.1. The summed E-state index contributed by atoms with van der Waals surface area (Å²) < 4.78 is 7.83. The molecule has 2 atom stereocenters. The fraction of sp³-hybridized carbons (Fsp3) is 0.364. The van der Waals surface area contributed by atoms with E-state index in [1.807, 2.05) is 0 Å². The smallest absolute Gasteiger partial charge is 0.119 e. The Morgan fingerprint density at radius 1 is 1.04 bits per heavy atom. The molecule has 0 radical (unpaired) electrons. The summed E-state index contributed by atoms with van der Waals surface area (Å²) in [6.45, 7) is 2.19. The van der Waals surface area contributed by atoms with E-state index in [4.69, 9.17) is 4.74 Å². The van der Waals surface area contributed by atoms with Crippen LogP contribution < -0.4 is 4.74 Å². The third-order valence-electron chi connectivity index (χ3n) is 6.20. The lowest BCUT2D eigenvalue weighted by Crippen LogP contribution is -2.34. The number of ether oxygens (including phenoxy) is 1. The zero-order valence-electron chi connectivity index (χ0n) is 15.1. The Morgan fingerprint density at radius 2 is 1.84 bits per heavy atom. The Bertz CT molecular complexity index is 954. The van der Waals surface area contributed by atoms with Gasteiger partial charge in [0.05, 0.1) is 12.6 Å². The van der Waals surface area contributed by atoms with Gasteiger partial charge in [-0.15, -0.1) is 0 Å². The topological polar surface area (TPSA) is 17.4 Å². The highest BCUT2D eigenvalue weighted by molar-refractivity contribution is 5.89. The van der Waals surface area contributed by atoms with E-state index in [1.54, 1.807) is 12.7 Å². The summed E-state index contributed by atoms with van der Waals surface area (Å²) >= 11 is 0. The van der Waals surface area contributed by atoms with Crippen LogP contribution >= 0.6 is 0 Å². The van der Waals surface area contributed by atoms with E-state index in [1.165, 1.54) is 40.7 Å². The van der Waals surface area contributed by atoms with E-state index in [-0.39, 0.29) is 0 Å². The number of aryl methyl sites for hydroxylation is 1. The molecule has 0 aliphatic carbocycles. The maximum atomic E-state index is 5.34. The van der Waals surface area contributed by atoms with Crippen LogP contribution in [0.3, 0.4) is 0 Å². The van der Waals surface area contributed by atoms with Crippen LogP contribution in [0.1, 0.15) is 35.7 Å². The predicted octanol–water partition coefficient (Wildman–Crippen LogP) is 4.64. The molecule has 128 valence electrons.